The highest BCUT2D eigenvalue weighted by atomic mass is 32.2. The van der Waals surface area contributed by atoms with Gasteiger partial charge in [-0.1, -0.05) is 49.9 Å². The summed E-state index contributed by atoms with van der Waals surface area (Å²) in [5.74, 6) is 1.18. The number of tetrazole rings is 1. The molecule has 1 amide bonds. The normalized spacial score (nSPS) is 18.0. The van der Waals surface area contributed by atoms with Gasteiger partial charge in [0.05, 0.1) is 38.0 Å². The molecule has 1 saturated heterocycles. The van der Waals surface area contributed by atoms with Crippen LogP contribution in [0, 0.1) is 0 Å². The van der Waals surface area contributed by atoms with Gasteiger partial charge >= 0.3 is 0 Å². The molecule has 1 aromatic heterocycles. The SMILES string of the molecule is CC(C)c1ccc(C[NH+]2CCN(C(=O)CSc3nnnn3C3CC3)CC2)cc1. The highest BCUT2D eigenvalue weighted by Crippen LogP contribution is 2.36. The molecule has 0 unspecified atom stereocenters. The molecule has 2 aliphatic rings. The zero-order chi connectivity index (χ0) is 19.5. The first kappa shape index (κ1) is 19.4. The van der Waals surface area contributed by atoms with Crippen molar-refractivity contribution in [2.24, 2.45) is 0 Å². The number of thioether (sulfide) groups is 1. The fourth-order valence-electron chi connectivity index (χ4n) is 3.60. The maximum Gasteiger partial charge on any atom is 0.233 e. The maximum absolute atomic E-state index is 12.6. The number of carbonyl (C=O) groups excluding carboxylic acids is 1. The third-order valence-electron chi connectivity index (χ3n) is 5.60. The Morgan fingerprint density at radius 2 is 1.93 bits per heavy atom. The van der Waals surface area contributed by atoms with Crippen molar-refractivity contribution in [1.29, 1.82) is 0 Å². The highest BCUT2D eigenvalue weighted by molar-refractivity contribution is 7.99. The van der Waals surface area contributed by atoms with Gasteiger partial charge in [-0.05, 0) is 34.7 Å². The molecule has 2 fully saturated rings. The molecule has 1 aliphatic carbocycles. The van der Waals surface area contributed by atoms with Crippen molar-refractivity contribution in [2.45, 2.75) is 50.4 Å². The van der Waals surface area contributed by atoms with Crippen molar-refractivity contribution in [3.05, 3.63) is 35.4 Å². The number of amides is 1. The number of nitrogens with one attached hydrogen (secondary N) is 1. The lowest BCUT2D eigenvalue weighted by Gasteiger charge is -2.32. The Labute approximate surface area is 170 Å². The number of benzene rings is 1. The van der Waals surface area contributed by atoms with E-state index >= 15 is 0 Å². The van der Waals surface area contributed by atoms with Gasteiger partial charge in [0.2, 0.25) is 11.1 Å². The van der Waals surface area contributed by atoms with Crippen LogP contribution >= 0.6 is 11.8 Å². The first-order valence-electron chi connectivity index (χ1n) is 10.2. The van der Waals surface area contributed by atoms with Crippen LogP contribution in [0.25, 0.3) is 0 Å². The second-order valence-corrected chi connectivity index (χ2v) is 9.07. The topological polar surface area (TPSA) is 68.3 Å². The molecule has 1 saturated carbocycles. The van der Waals surface area contributed by atoms with Crippen LogP contribution in [0.15, 0.2) is 29.4 Å². The zero-order valence-electron chi connectivity index (χ0n) is 16.7. The van der Waals surface area contributed by atoms with Gasteiger partial charge in [-0.3, -0.25) is 4.79 Å². The average molecular weight is 402 g/mol. The van der Waals surface area contributed by atoms with Gasteiger partial charge < -0.3 is 9.80 Å². The Morgan fingerprint density at radius 3 is 2.57 bits per heavy atom. The van der Waals surface area contributed by atoms with Crippen LogP contribution in [0.1, 0.15) is 49.8 Å². The summed E-state index contributed by atoms with van der Waals surface area (Å²) < 4.78 is 1.87. The molecular formula is C20H29N6OS+. The summed E-state index contributed by atoms with van der Waals surface area (Å²) in [6.07, 6.45) is 2.27. The van der Waals surface area contributed by atoms with Crippen molar-refractivity contribution in [3.63, 3.8) is 0 Å². The lowest BCUT2D eigenvalue weighted by atomic mass is 10.0. The molecule has 1 aromatic carbocycles. The van der Waals surface area contributed by atoms with Gasteiger partial charge in [0.1, 0.15) is 6.54 Å². The first-order chi connectivity index (χ1) is 13.6. The molecule has 7 nitrogen and oxygen atoms in total. The summed E-state index contributed by atoms with van der Waals surface area (Å²) >= 11 is 1.46. The number of carbonyl (C=O) groups is 1. The summed E-state index contributed by atoms with van der Waals surface area (Å²) in [6.45, 7) is 9.14. The number of nitrogens with zero attached hydrogens (tertiary/aromatic N) is 5. The summed E-state index contributed by atoms with van der Waals surface area (Å²) in [4.78, 5) is 16.1. The monoisotopic (exact) mass is 401 g/mol. The lowest BCUT2D eigenvalue weighted by Crippen LogP contribution is -3.13. The number of hydrogen-bond donors (Lipinski definition) is 1. The Balaban J connectivity index is 1.22. The second kappa shape index (κ2) is 8.61. The Hall–Kier alpha value is -1.93. The van der Waals surface area contributed by atoms with E-state index in [0.717, 1.165) is 50.7 Å². The van der Waals surface area contributed by atoms with E-state index in [9.17, 15) is 4.79 Å². The standard InChI is InChI=1S/C20H28N6OS/c1-15(2)17-5-3-16(4-6-17)13-24-9-11-25(12-10-24)19(27)14-28-20-21-22-23-26(20)18-7-8-18/h3-6,15,18H,7-14H2,1-2H3/p+1. The molecule has 0 radical (unpaired) electrons. The summed E-state index contributed by atoms with van der Waals surface area (Å²) in [5, 5.41) is 12.6. The number of rotatable bonds is 7. The van der Waals surface area contributed by atoms with Crippen LogP contribution in [0.4, 0.5) is 0 Å². The van der Waals surface area contributed by atoms with E-state index in [4.69, 9.17) is 0 Å². The van der Waals surface area contributed by atoms with Crippen molar-refractivity contribution < 1.29 is 9.69 Å². The van der Waals surface area contributed by atoms with Crippen LogP contribution in [-0.2, 0) is 11.3 Å². The summed E-state index contributed by atoms with van der Waals surface area (Å²) in [6, 6.07) is 9.42. The third kappa shape index (κ3) is 4.72. The van der Waals surface area contributed by atoms with Crippen molar-refractivity contribution in [2.75, 3.05) is 31.9 Å². The minimum atomic E-state index is 0.190. The average Bonchev–Trinajstić information content (AvgIpc) is 3.45. The van der Waals surface area contributed by atoms with E-state index in [1.165, 1.54) is 22.9 Å². The molecule has 150 valence electrons. The fourth-order valence-corrected chi connectivity index (χ4v) is 4.45. The lowest BCUT2D eigenvalue weighted by molar-refractivity contribution is -0.917. The van der Waals surface area contributed by atoms with E-state index in [0.29, 0.717) is 17.7 Å². The number of piperazine rings is 1. The smallest absolute Gasteiger partial charge is 0.233 e. The predicted molar refractivity (Wildman–Crippen MR) is 108 cm³/mol. The van der Waals surface area contributed by atoms with E-state index in [1.807, 2.05) is 9.58 Å². The quantitative estimate of drug-likeness (QED) is 0.705. The van der Waals surface area contributed by atoms with E-state index < -0.39 is 0 Å². The second-order valence-electron chi connectivity index (χ2n) is 8.13. The molecule has 0 atom stereocenters. The maximum atomic E-state index is 12.6. The molecule has 1 N–H and O–H groups in total. The van der Waals surface area contributed by atoms with Gasteiger partial charge in [-0.15, -0.1) is 5.10 Å². The van der Waals surface area contributed by atoms with Crippen LogP contribution in [-0.4, -0.2) is 62.9 Å². The summed E-state index contributed by atoms with van der Waals surface area (Å²) in [5.41, 5.74) is 2.76. The highest BCUT2D eigenvalue weighted by Gasteiger charge is 2.29. The van der Waals surface area contributed by atoms with Gasteiger partial charge in [-0.25, -0.2) is 4.68 Å². The Bertz CT molecular complexity index is 793. The summed E-state index contributed by atoms with van der Waals surface area (Å²) in [7, 11) is 0. The number of quaternary nitrogens is 1. The molecule has 8 heteroatoms. The molecule has 1 aliphatic heterocycles. The van der Waals surface area contributed by atoms with Crippen LogP contribution in [0.3, 0.4) is 0 Å². The third-order valence-corrected chi connectivity index (χ3v) is 6.52. The van der Waals surface area contributed by atoms with Gasteiger partial charge in [0.15, 0.2) is 0 Å². The van der Waals surface area contributed by atoms with E-state index in [2.05, 4.69) is 53.6 Å². The number of hydrogen-bond acceptors (Lipinski definition) is 5. The van der Waals surface area contributed by atoms with Crippen LogP contribution in [0.2, 0.25) is 0 Å². The van der Waals surface area contributed by atoms with Gasteiger partial charge in [0.25, 0.3) is 0 Å². The largest absolute Gasteiger partial charge is 0.331 e. The molecule has 2 heterocycles. The number of aromatic nitrogens is 4. The minimum absolute atomic E-state index is 0.190. The van der Waals surface area contributed by atoms with Gasteiger partial charge in [0, 0.05) is 5.56 Å². The molecule has 28 heavy (non-hydrogen) atoms. The minimum Gasteiger partial charge on any atom is -0.331 e. The molecule has 0 bridgehead atoms. The van der Waals surface area contributed by atoms with Gasteiger partial charge in [-0.2, -0.15) is 0 Å². The zero-order valence-corrected chi connectivity index (χ0v) is 17.5. The molecular weight excluding hydrogens is 372 g/mol. The Kier molecular flexibility index (Phi) is 5.96. The Morgan fingerprint density at radius 1 is 1.21 bits per heavy atom. The molecule has 4 rings (SSSR count). The fraction of sp³-hybridized carbons (Fsp3) is 0.600. The predicted octanol–water partition coefficient (Wildman–Crippen LogP) is 1.15. The van der Waals surface area contributed by atoms with E-state index in [-0.39, 0.29) is 5.91 Å². The van der Waals surface area contributed by atoms with Crippen molar-refractivity contribution in [1.82, 2.24) is 25.1 Å². The molecule has 0 spiro atoms. The van der Waals surface area contributed by atoms with Crippen molar-refractivity contribution in [3.8, 4) is 0 Å². The van der Waals surface area contributed by atoms with E-state index in [1.54, 1.807) is 4.90 Å². The molecule has 2 aromatic rings. The van der Waals surface area contributed by atoms with Crippen LogP contribution < -0.4 is 4.90 Å². The van der Waals surface area contributed by atoms with Crippen molar-refractivity contribution >= 4 is 17.7 Å². The van der Waals surface area contributed by atoms with Crippen LogP contribution in [0.5, 0.6) is 0 Å². The first-order valence-corrected chi connectivity index (χ1v) is 11.2.